The van der Waals surface area contributed by atoms with E-state index in [1.165, 1.54) is 11.1 Å². The highest BCUT2D eigenvalue weighted by Crippen LogP contribution is 2.24. The van der Waals surface area contributed by atoms with E-state index < -0.39 is 6.10 Å². The number of hydrogen-bond acceptors (Lipinski definition) is 3. The first-order chi connectivity index (χ1) is 14.1. The van der Waals surface area contributed by atoms with Crippen molar-refractivity contribution in [3.63, 3.8) is 0 Å². The summed E-state index contributed by atoms with van der Waals surface area (Å²) in [5, 5.41) is 0. The summed E-state index contributed by atoms with van der Waals surface area (Å²) in [7, 11) is 3.46. The van der Waals surface area contributed by atoms with Crippen molar-refractivity contribution >= 4 is 11.8 Å². The molecule has 0 saturated heterocycles. The first kappa shape index (κ1) is 23.5. The van der Waals surface area contributed by atoms with Gasteiger partial charge in [0.05, 0.1) is 0 Å². The van der Waals surface area contributed by atoms with Gasteiger partial charge in [0, 0.05) is 32.7 Å². The number of likely N-dealkylation sites (N-methyl/N-ethyl adjacent to an activating group) is 1. The summed E-state index contributed by atoms with van der Waals surface area (Å²) in [4.78, 5) is 28.3. The van der Waals surface area contributed by atoms with Crippen LogP contribution in [-0.2, 0) is 11.3 Å². The highest BCUT2D eigenvalue weighted by molar-refractivity contribution is 5.93. The predicted molar refractivity (Wildman–Crippen MR) is 121 cm³/mol. The maximum atomic E-state index is 12.9. The Morgan fingerprint density at radius 3 is 2.13 bits per heavy atom. The van der Waals surface area contributed by atoms with Crippen LogP contribution < -0.4 is 4.74 Å². The molecule has 1 atom stereocenters. The van der Waals surface area contributed by atoms with Gasteiger partial charge in [-0.1, -0.05) is 32.0 Å². The van der Waals surface area contributed by atoms with Crippen LogP contribution >= 0.6 is 0 Å². The van der Waals surface area contributed by atoms with Crippen LogP contribution in [0.5, 0.6) is 5.75 Å². The quantitative estimate of drug-likeness (QED) is 0.637. The lowest BCUT2D eigenvalue weighted by molar-refractivity contribution is -0.138. The van der Waals surface area contributed by atoms with Crippen molar-refractivity contribution in [2.24, 2.45) is 0 Å². The van der Waals surface area contributed by atoms with Crippen molar-refractivity contribution in [3.8, 4) is 5.75 Å². The zero-order chi connectivity index (χ0) is 22.4. The summed E-state index contributed by atoms with van der Waals surface area (Å²) < 4.78 is 5.95. The second kappa shape index (κ2) is 10.3. The fourth-order valence-electron chi connectivity index (χ4n) is 3.46. The molecule has 0 saturated carbocycles. The molecule has 0 bridgehead atoms. The van der Waals surface area contributed by atoms with E-state index in [1.807, 2.05) is 31.2 Å². The smallest absolute Gasteiger partial charge is 0.263 e. The summed E-state index contributed by atoms with van der Waals surface area (Å²) in [6, 6.07) is 13.4. The van der Waals surface area contributed by atoms with E-state index in [1.54, 1.807) is 43.0 Å². The molecule has 0 N–H and O–H groups in total. The standard InChI is InChI=1S/C25H34N2O3/c1-8-27(16-20-9-11-21(12-10-20)25(29)26(6)7)24(28)19(5)30-22-13-14-23(17(2)3)18(4)15-22/h9-15,17,19H,8,16H2,1-7H3. The molecular weight excluding hydrogens is 376 g/mol. The van der Waals surface area contributed by atoms with Gasteiger partial charge in [-0.05, 0) is 67.6 Å². The Balaban J connectivity index is 2.04. The lowest BCUT2D eigenvalue weighted by Gasteiger charge is -2.25. The predicted octanol–water partition coefficient (Wildman–Crippen LogP) is 4.64. The van der Waals surface area contributed by atoms with Crippen LogP contribution in [-0.4, -0.2) is 48.4 Å². The molecule has 0 fully saturated rings. The number of carbonyl (C=O) groups excluding carboxylic acids is 2. The Morgan fingerprint density at radius 1 is 1.00 bits per heavy atom. The molecule has 5 nitrogen and oxygen atoms in total. The van der Waals surface area contributed by atoms with Crippen molar-refractivity contribution in [1.29, 1.82) is 0 Å². The van der Waals surface area contributed by atoms with E-state index in [0.29, 0.717) is 30.3 Å². The lowest BCUT2D eigenvalue weighted by Crippen LogP contribution is -2.40. The number of rotatable bonds is 8. The van der Waals surface area contributed by atoms with Gasteiger partial charge in [0.1, 0.15) is 5.75 Å². The third kappa shape index (κ3) is 5.85. The monoisotopic (exact) mass is 410 g/mol. The molecule has 2 rings (SSSR count). The van der Waals surface area contributed by atoms with E-state index in [2.05, 4.69) is 26.8 Å². The minimum absolute atomic E-state index is 0.0363. The molecular formula is C25H34N2O3. The molecule has 0 spiro atoms. The number of nitrogens with zero attached hydrogens (tertiary/aromatic N) is 2. The molecule has 0 heterocycles. The third-order valence-corrected chi connectivity index (χ3v) is 5.20. The minimum atomic E-state index is -0.580. The van der Waals surface area contributed by atoms with Crippen molar-refractivity contribution in [2.75, 3.05) is 20.6 Å². The summed E-state index contributed by atoms with van der Waals surface area (Å²) >= 11 is 0. The number of amides is 2. The maximum absolute atomic E-state index is 12.9. The highest BCUT2D eigenvalue weighted by Gasteiger charge is 2.22. The fourth-order valence-corrected chi connectivity index (χ4v) is 3.46. The van der Waals surface area contributed by atoms with Gasteiger partial charge in [0.15, 0.2) is 6.10 Å². The molecule has 1 unspecified atom stereocenters. The van der Waals surface area contributed by atoms with Crippen molar-refractivity contribution in [3.05, 3.63) is 64.7 Å². The van der Waals surface area contributed by atoms with Crippen LogP contribution in [0.1, 0.15) is 60.7 Å². The van der Waals surface area contributed by atoms with Gasteiger partial charge in [-0.25, -0.2) is 0 Å². The fraction of sp³-hybridized carbons (Fsp3) is 0.440. The van der Waals surface area contributed by atoms with Crippen LogP contribution in [0.15, 0.2) is 42.5 Å². The van der Waals surface area contributed by atoms with Gasteiger partial charge in [-0.3, -0.25) is 9.59 Å². The molecule has 30 heavy (non-hydrogen) atoms. The minimum Gasteiger partial charge on any atom is -0.481 e. The molecule has 5 heteroatoms. The number of benzene rings is 2. The number of hydrogen-bond donors (Lipinski definition) is 0. The maximum Gasteiger partial charge on any atom is 0.263 e. The summed E-state index contributed by atoms with van der Waals surface area (Å²) in [6.07, 6.45) is -0.580. The van der Waals surface area contributed by atoms with Crippen LogP contribution in [0.3, 0.4) is 0 Å². The van der Waals surface area contributed by atoms with Gasteiger partial charge >= 0.3 is 0 Å². The average molecular weight is 411 g/mol. The molecule has 0 aromatic heterocycles. The topological polar surface area (TPSA) is 49.9 Å². The van der Waals surface area contributed by atoms with Crippen LogP contribution in [0.4, 0.5) is 0 Å². The Hall–Kier alpha value is -2.82. The summed E-state index contributed by atoms with van der Waals surface area (Å²) in [6.45, 7) is 11.2. The van der Waals surface area contributed by atoms with Crippen molar-refractivity contribution in [1.82, 2.24) is 9.80 Å². The molecule has 2 aromatic carbocycles. The van der Waals surface area contributed by atoms with Crippen LogP contribution in [0.2, 0.25) is 0 Å². The average Bonchev–Trinajstić information content (AvgIpc) is 2.71. The van der Waals surface area contributed by atoms with Gasteiger partial charge in [0.2, 0.25) is 0 Å². The van der Waals surface area contributed by atoms with E-state index in [-0.39, 0.29) is 11.8 Å². The Labute approximate surface area is 180 Å². The molecule has 0 radical (unpaired) electrons. The number of carbonyl (C=O) groups is 2. The molecule has 0 aliphatic carbocycles. The molecule has 0 aliphatic heterocycles. The van der Waals surface area contributed by atoms with E-state index >= 15 is 0 Å². The molecule has 0 aliphatic rings. The summed E-state index contributed by atoms with van der Waals surface area (Å²) in [5.74, 6) is 1.07. The van der Waals surface area contributed by atoms with Gasteiger partial charge in [0.25, 0.3) is 11.8 Å². The van der Waals surface area contributed by atoms with Crippen LogP contribution in [0.25, 0.3) is 0 Å². The van der Waals surface area contributed by atoms with Crippen LogP contribution in [0, 0.1) is 6.92 Å². The largest absolute Gasteiger partial charge is 0.481 e. The normalized spacial score (nSPS) is 11.9. The van der Waals surface area contributed by atoms with Gasteiger partial charge in [-0.2, -0.15) is 0 Å². The van der Waals surface area contributed by atoms with E-state index in [9.17, 15) is 9.59 Å². The Kier molecular flexibility index (Phi) is 8.04. The zero-order valence-corrected chi connectivity index (χ0v) is 19.2. The van der Waals surface area contributed by atoms with Crippen molar-refractivity contribution < 1.29 is 14.3 Å². The summed E-state index contributed by atoms with van der Waals surface area (Å²) in [5.41, 5.74) is 4.06. The first-order valence-corrected chi connectivity index (χ1v) is 10.5. The number of aryl methyl sites for hydroxylation is 1. The Bertz CT molecular complexity index is 872. The van der Waals surface area contributed by atoms with Gasteiger partial charge < -0.3 is 14.5 Å². The number of ether oxygens (including phenoxy) is 1. The van der Waals surface area contributed by atoms with E-state index in [0.717, 1.165) is 5.56 Å². The Morgan fingerprint density at radius 2 is 1.63 bits per heavy atom. The van der Waals surface area contributed by atoms with Gasteiger partial charge in [-0.15, -0.1) is 0 Å². The van der Waals surface area contributed by atoms with E-state index in [4.69, 9.17) is 4.74 Å². The zero-order valence-electron chi connectivity index (χ0n) is 19.2. The molecule has 2 aromatic rings. The second-order valence-electron chi connectivity index (χ2n) is 8.18. The second-order valence-corrected chi connectivity index (χ2v) is 8.18. The highest BCUT2D eigenvalue weighted by atomic mass is 16.5. The third-order valence-electron chi connectivity index (χ3n) is 5.20. The molecule has 2 amide bonds. The first-order valence-electron chi connectivity index (χ1n) is 10.5. The lowest BCUT2D eigenvalue weighted by atomic mass is 9.98. The SMILES string of the molecule is CCN(Cc1ccc(C(=O)N(C)C)cc1)C(=O)C(C)Oc1ccc(C(C)C)c(C)c1. The van der Waals surface area contributed by atoms with Crippen molar-refractivity contribution in [2.45, 2.75) is 53.2 Å². The molecule has 162 valence electrons.